The lowest BCUT2D eigenvalue weighted by atomic mass is 9.95. The Labute approximate surface area is 90.8 Å². The Bertz CT molecular complexity index is 217. The van der Waals surface area contributed by atoms with Gasteiger partial charge in [-0.05, 0) is 25.3 Å². The molecule has 0 bridgehead atoms. The first-order valence-corrected chi connectivity index (χ1v) is 5.16. The fraction of sp³-hybridized carbons (Fsp3) is 0.800. The van der Waals surface area contributed by atoms with E-state index in [4.69, 9.17) is 11.5 Å². The van der Waals surface area contributed by atoms with E-state index in [9.17, 15) is 9.59 Å². The molecule has 2 amide bonds. The molecule has 88 valence electrons. The number of hydrogen-bond donors (Lipinski definition) is 2. The van der Waals surface area contributed by atoms with Crippen molar-refractivity contribution in [2.45, 2.75) is 25.7 Å². The van der Waals surface area contributed by atoms with Crippen LogP contribution in [0, 0.1) is 5.92 Å². The lowest BCUT2D eigenvalue weighted by molar-refractivity contribution is -0.130. The third-order valence-electron chi connectivity index (χ3n) is 2.27. The van der Waals surface area contributed by atoms with Crippen LogP contribution in [-0.2, 0) is 9.59 Å². The minimum Gasteiger partial charge on any atom is -0.370 e. The van der Waals surface area contributed by atoms with Gasteiger partial charge < -0.3 is 16.4 Å². The number of rotatable bonds is 7. The summed E-state index contributed by atoms with van der Waals surface area (Å²) in [4.78, 5) is 23.8. The van der Waals surface area contributed by atoms with Crippen LogP contribution in [0.15, 0.2) is 0 Å². The molecule has 0 aliphatic carbocycles. The van der Waals surface area contributed by atoms with E-state index in [1.807, 2.05) is 0 Å². The molecule has 0 aromatic carbocycles. The number of carbonyl (C=O) groups is 2. The Hall–Kier alpha value is -1.10. The highest BCUT2D eigenvalue weighted by atomic mass is 16.2. The third-order valence-corrected chi connectivity index (χ3v) is 2.27. The van der Waals surface area contributed by atoms with E-state index in [0.717, 1.165) is 12.8 Å². The van der Waals surface area contributed by atoms with Gasteiger partial charge in [-0.3, -0.25) is 9.59 Å². The molecule has 0 rings (SSSR count). The molecule has 0 aromatic rings. The molecule has 4 N–H and O–H groups in total. The molecule has 5 heteroatoms. The van der Waals surface area contributed by atoms with Crippen LogP contribution < -0.4 is 11.5 Å². The highest BCUT2D eigenvalue weighted by Crippen LogP contribution is 2.15. The van der Waals surface area contributed by atoms with Crippen molar-refractivity contribution in [2.75, 3.05) is 20.6 Å². The van der Waals surface area contributed by atoms with E-state index in [1.54, 1.807) is 14.1 Å². The summed E-state index contributed by atoms with van der Waals surface area (Å²) in [5.74, 6) is -0.303. The van der Waals surface area contributed by atoms with Crippen molar-refractivity contribution >= 4 is 11.8 Å². The molecule has 0 heterocycles. The molecule has 1 unspecified atom stereocenters. The first kappa shape index (κ1) is 13.9. The van der Waals surface area contributed by atoms with Gasteiger partial charge in [-0.25, -0.2) is 0 Å². The van der Waals surface area contributed by atoms with Crippen LogP contribution in [0.25, 0.3) is 0 Å². The van der Waals surface area contributed by atoms with E-state index in [0.29, 0.717) is 13.0 Å². The summed E-state index contributed by atoms with van der Waals surface area (Å²) < 4.78 is 0. The van der Waals surface area contributed by atoms with E-state index >= 15 is 0 Å². The molecular weight excluding hydrogens is 194 g/mol. The number of nitrogens with two attached hydrogens (primary N) is 2. The van der Waals surface area contributed by atoms with Crippen LogP contribution in [0.2, 0.25) is 0 Å². The molecular formula is C10H21N3O2. The summed E-state index contributed by atoms with van der Waals surface area (Å²) in [5, 5.41) is 0. The minimum absolute atomic E-state index is 0.0262. The van der Waals surface area contributed by atoms with Crippen molar-refractivity contribution in [3.8, 4) is 0 Å². The van der Waals surface area contributed by atoms with E-state index in [2.05, 4.69) is 0 Å². The normalized spacial score (nSPS) is 12.2. The summed E-state index contributed by atoms with van der Waals surface area (Å²) in [6.45, 7) is 0.575. The van der Waals surface area contributed by atoms with Crippen LogP contribution in [0.3, 0.4) is 0 Å². The topological polar surface area (TPSA) is 89.4 Å². The average molecular weight is 215 g/mol. The second kappa shape index (κ2) is 7.23. The van der Waals surface area contributed by atoms with Crippen molar-refractivity contribution < 1.29 is 9.59 Å². The zero-order chi connectivity index (χ0) is 11.8. The van der Waals surface area contributed by atoms with Gasteiger partial charge in [0, 0.05) is 26.9 Å². The van der Waals surface area contributed by atoms with Crippen molar-refractivity contribution in [2.24, 2.45) is 17.4 Å². The van der Waals surface area contributed by atoms with E-state index < -0.39 is 0 Å². The number of amides is 2. The van der Waals surface area contributed by atoms with Crippen LogP contribution in [0.5, 0.6) is 0 Å². The maximum absolute atomic E-state index is 11.4. The average Bonchev–Trinajstić information content (AvgIpc) is 2.13. The quantitative estimate of drug-likeness (QED) is 0.610. The molecule has 0 aromatic heterocycles. The number of primary amides is 1. The lowest BCUT2D eigenvalue weighted by Gasteiger charge is -2.17. The smallest absolute Gasteiger partial charge is 0.222 e. The van der Waals surface area contributed by atoms with Crippen LogP contribution in [-0.4, -0.2) is 37.4 Å². The van der Waals surface area contributed by atoms with Crippen molar-refractivity contribution in [3.05, 3.63) is 0 Å². The number of carbonyl (C=O) groups excluding carboxylic acids is 2. The Balaban J connectivity index is 4.10. The molecule has 5 nitrogen and oxygen atoms in total. The molecule has 0 aliphatic heterocycles. The fourth-order valence-corrected chi connectivity index (χ4v) is 1.40. The summed E-state index contributed by atoms with van der Waals surface area (Å²) in [6, 6.07) is 0. The molecule has 1 atom stereocenters. The second-order valence-corrected chi connectivity index (χ2v) is 3.96. The predicted molar refractivity (Wildman–Crippen MR) is 58.9 cm³/mol. The van der Waals surface area contributed by atoms with Gasteiger partial charge in [-0.15, -0.1) is 0 Å². The summed E-state index contributed by atoms with van der Waals surface area (Å²) in [5.41, 5.74) is 10.5. The first-order valence-electron chi connectivity index (χ1n) is 5.16. The molecule has 0 saturated carbocycles. The largest absolute Gasteiger partial charge is 0.370 e. The second-order valence-electron chi connectivity index (χ2n) is 3.96. The number of hydrogen-bond acceptors (Lipinski definition) is 3. The summed E-state index contributed by atoms with van der Waals surface area (Å²) >= 11 is 0. The Morgan fingerprint density at radius 1 is 1.27 bits per heavy atom. The SMILES string of the molecule is CN(C)C(=O)CC(CCCN)CC(N)=O. The van der Waals surface area contributed by atoms with Gasteiger partial charge in [-0.2, -0.15) is 0 Å². The maximum Gasteiger partial charge on any atom is 0.222 e. The van der Waals surface area contributed by atoms with Crippen molar-refractivity contribution in [1.82, 2.24) is 4.90 Å². The molecule has 0 spiro atoms. The van der Waals surface area contributed by atoms with E-state index in [-0.39, 0.29) is 24.2 Å². The minimum atomic E-state index is -0.358. The molecule has 0 radical (unpaired) electrons. The maximum atomic E-state index is 11.4. The molecule has 0 aliphatic rings. The van der Waals surface area contributed by atoms with Crippen LogP contribution in [0.4, 0.5) is 0 Å². The fourth-order valence-electron chi connectivity index (χ4n) is 1.40. The van der Waals surface area contributed by atoms with Crippen molar-refractivity contribution in [3.63, 3.8) is 0 Å². The monoisotopic (exact) mass is 215 g/mol. The predicted octanol–water partition coefficient (Wildman–Crippen LogP) is -0.305. The van der Waals surface area contributed by atoms with E-state index in [1.165, 1.54) is 4.90 Å². The van der Waals surface area contributed by atoms with Gasteiger partial charge in [0.25, 0.3) is 0 Å². The lowest BCUT2D eigenvalue weighted by Crippen LogP contribution is -2.26. The standard InChI is InChI=1S/C10H21N3O2/c1-13(2)10(15)7-8(4-3-5-11)6-9(12)14/h8H,3-7,11H2,1-2H3,(H2,12,14). The highest BCUT2D eigenvalue weighted by molar-refractivity contribution is 5.78. The van der Waals surface area contributed by atoms with Gasteiger partial charge >= 0.3 is 0 Å². The summed E-state index contributed by atoms with van der Waals surface area (Å²) in [6.07, 6.45) is 2.23. The van der Waals surface area contributed by atoms with Crippen molar-refractivity contribution in [1.29, 1.82) is 0 Å². The molecule has 15 heavy (non-hydrogen) atoms. The van der Waals surface area contributed by atoms with Gasteiger partial charge in [0.05, 0.1) is 0 Å². The molecule has 0 saturated heterocycles. The van der Waals surface area contributed by atoms with Gasteiger partial charge in [-0.1, -0.05) is 0 Å². The van der Waals surface area contributed by atoms with Gasteiger partial charge in [0.2, 0.25) is 11.8 Å². The van der Waals surface area contributed by atoms with Crippen LogP contribution >= 0.6 is 0 Å². The zero-order valence-electron chi connectivity index (χ0n) is 9.53. The third kappa shape index (κ3) is 6.90. The Morgan fingerprint density at radius 2 is 1.87 bits per heavy atom. The Kier molecular flexibility index (Phi) is 6.70. The summed E-state index contributed by atoms with van der Waals surface area (Å²) in [7, 11) is 3.40. The van der Waals surface area contributed by atoms with Crippen LogP contribution in [0.1, 0.15) is 25.7 Å². The first-order chi connectivity index (χ1) is 6.97. The Morgan fingerprint density at radius 3 is 2.27 bits per heavy atom. The van der Waals surface area contributed by atoms with Gasteiger partial charge in [0.1, 0.15) is 0 Å². The molecule has 0 fully saturated rings. The zero-order valence-corrected chi connectivity index (χ0v) is 9.53. The van der Waals surface area contributed by atoms with Gasteiger partial charge in [0.15, 0.2) is 0 Å². The number of nitrogens with zero attached hydrogens (tertiary/aromatic N) is 1. The highest BCUT2D eigenvalue weighted by Gasteiger charge is 2.16.